The molecule has 0 saturated heterocycles. The molecule has 90 valence electrons. The Kier molecular flexibility index (Phi) is 5.50. The summed E-state index contributed by atoms with van der Waals surface area (Å²) in [4.78, 5) is 2.32. The van der Waals surface area contributed by atoms with Crippen molar-refractivity contribution in [2.75, 3.05) is 19.6 Å². The van der Waals surface area contributed by atoms with Crippen LogP contribution in [0.25, 0.3) is 0 Å². The van der Waals surface area contributed by atoms with Crippen LogP contribution in [0.15, 0.2) is 36.0 Å². The largest absolute Gasteiger partial charge is 0.392 e. The maximum atomic E-state index is 9.40. The smallest absolute Gasteiger partial charge is 0.0639 e. The highest BCUT2D eigenvalue weighted by atomic mass is 16.3. The van der Waals surface area contributed by atoms with Crippen LogP contribution in [0.3, 0.4) is 0 Å². The molecule has 1 aliphatic rings. The lowest BCUT2D eigenvalue weighted by atomic mass is 9.97. The molecule has 0 aromatic heterocycles. The van der Waals surface area contributed by atoms with E-state index in [-0.39, 0.29) is 6.10 Å². The average molecular weight is 221 g/mol. The number of aliphatic hydroxyl groups excluding tert-OH is 1. The normalized spacial score (nSPS) is 20.4. The van der Waals surface area contributed by atoms with Crippen LogP contribution in [-0.4, -0.2) is 35.7 Å². The average Bonchev–Trinajstić information content (AvgIpc) is 2.21. The van der Waals surface area contributed by atoms with Crippen LogP contribution in [-0.2, 0) is 0 Å². The fourth-order valence-electron chi connectivity index (χ4n) is 2.21. The van der Waals surface area contributed by atoms with Gasteiger partial charge < -0.3 is 5.11 Å². The highest BCUT2D eigenvalue weighted by Crippen LogP contribution is 2.22. The van der Waals surface area contributed by atoms with E-state index >= 15 is 0 Å². The van der Waals surface area contributed by atoms with Crippen LogP contribution in [0, 0.1) is 0 Å². The molecule has 0 fully saturated rings. The van der Waals surface area contributed by atoms with Crippen LogP contribution < -0.4 is 0 Å². The molecule has 16 heavy (non-hydrogen) atoms. The molecule has 0 spiro atoms. The summed E-state index contributed by atoms with van der Waals surface area (Å²) in [6.07, 6.45) is 8.07. The highest BCUT2D eigenvalue weighted by molar-refractivity contribution is 5.30. The summed E-state index contributed by atoms with van der Waals surface area (Å²) in [5.41, 5.74) is 2.89. The molecule has 2 nitrogen and oxygen atoms in total. The van der Waals surface area contributed by atoms with Crippen molar-refractivity contribution in [3.8, 4) is 0 Å². The molecule has 0 unspecified atom stereocenters. The molecule has 1 heterocycles. The topological polar surface area (TPSA) is 23.5 Å². The molecule has 0 aliphatic carbocycles. The second-order valence-electron chi connectivity index (χ2n) is 4.46. The van der Waals surface area contributed by atoms with E-state index in [4.69, 9.17) is 0 Å². The highest BCUT2D eigenvalue weighted by Gasteiger charge is 2.17. The molecule has 1 rings (SSSR count). The van der Waals surface area contributed by atoms with Crippen LogP contribution in [0.5, 0.6) is 0 Å². The Balaban J connectivity index is 2.70. The van der Waals surface area contributed by atoms with Gasteiger partial charge in [0.15, 0.2) is 0 Å². The van der Waals surface area contributed by atoms with Gasteiger partial charge in [0, 0.05) is 19.6 Å². The van der Waals surface area contributed by atoms with Crippen molar-refractivity contribution in [1.82, 2.24) is 4.90 Å². The van der Waals surface area contributed by atoms with E-state index in [2.05, 4.69) is 30.6 Å². The molecule has 1 atom stereocenters. The van der Waals surface area contributed by atoms with E-state index in [0.29, 0.717) is 0 Å². The maximum absolute atomic E-state index is 9.40. The SMILES string of the molecule is C=CCC1=C(/C=C\C)CCN(C[C@H](C)O)C1. The quantitative estimate of drug-likeness (QED) is 0.721. The molecule has 0 aromatic rings. The number of allylic oxidation sites excluding steroid dienone is 3. The van der Waals surface area contributed by atoms with E-state index in [1.165, 1.54) is 11.1 Å². The summed E-state index contributed by atoms with van der Waals surface area (Å²) < 4.78 is 0. The molecule has 0 saturated carbocycles. The minimum atomic E-state index is -0.242. The lowest BCUT2D eigenvalue weighted by Crippen LogP contribution is -2.36. The van der Waals surface area contributed by atoms with Gasteiger partial charge in [-0.1, -0.05) is 18.2 Å². The van der Waals surface area contributed by atoms with Gasteiger partial charge in [-0.05, 0) is 37.8 Å². The second-order valence-corrected chi connectivity index (χ2v) is 4.46. The van der Waals surface area contributed by atoms with E-state index < -0.39 is 0 Å². The van der Waals surface area contributed by atoms with Crippen LogP contribution >= 0.6 is 0 Å². The van der Waals surface area contributed by atoms with E-state index in [9.17, 15) is 5.11 Å². The van der Waals surface area contributed by atoms with Gasteiger partial charge in [-0.15, -0.1) is 6.58 Å². The minimum absolute atomic E-state index is 0.242. The number of hydrogen-bond acceptors (Lipinski definition) is 2. The van der Waals surface area contributed by atoms with E-state index in [0.717, 1.165) is 32.5 Å². The van der Waals surface area contributed by atoms with Crippen LogP contribution in [0.4, 0.5) is 0 Å². The number of rotatable bonds is 5. The number of nitrogens with zero attached hydrogens (tertiary/aromatic N) is 1. The number of aliphatic hydroxyl groups is 1. The Bertz CT molecular complexity index is 289. The van der Waals surface area contributed by atoms with Crippen LogP contribution in [0.1, 0.15) is 26.7 Å². The zero-order chi connectivity index (χ0) is 12.0. The summed E-state index contributed by atoms with van der Waals surface area (Å²) >= 11 is 0. The maximum Gasteiger partial charge on any atom is 0.0639 e. The van der Waals surface area contributed by atoms with Crippen molar-refractivity contribution in [3.05, 3.63) is 36.0 Å². The van der Waals surface area contributed by atoms with Gasteiger partial charge in [-0.2, -0.15) is 0 Å². The Morgan fingerprint density at radius 3 is 2.88 bits per heavy atom. The Hall–Kier alpha value is -0.860. The molecule has 0 amide bonds. The second kappa shape index (κ2) is 6.66. The fraction of sp³-hybridized carbons (Fsp3) is 0.571. The Morgan fingerprint density at radius 1 is 1.56 bits per heavy atom. The predicted molar refractivity (Wildman–Crippen MR) is 69.4 cm³/mol. The van der Waals surface area contributed by atoms with Gasteiger partial charge >= 0.3 is 0 Å². The van der Waals surface area contributed by atoms with Crippen LogP contribution in [0.2, 0.25) is 0 Å². The first-order valence-corrected chi connectivity index (χ1v) is 6.02. The standard InChI is InChI=1S/C14H23NO/c1-4-6-13-8-9-15(10-12(3)16)11-14(13)7-5-2/h4-6,12,16H,2,7-11H2,1,3H3/b6-4-/t12-/m0/s1. The van der Waals surface area contributed by atoms with Gasteiger partial charge in [-0.25, -0.2) is 0 Å². The van der Waals surface area contributed by atoms with Crippen molar-refractivity contribution >= 4 is 0 Å². The Morgan fingerprint density at radius 2 is 2.31 bits per heavy atom. The molecule has 2 heteroatoms. The van der Waals surface area contributed by atoms with Crippen molar-refractivity contribution in [2.45, 2.75) is 32.8 Å². The first kappa shape index (κ1) is 13.2. The van der Waals surface area contributed by atoms with Gasteiger partial charge in [-0.3, -0.25) is 4.90 Å². The number of β-amino-alcohol motifs (C(OH)–C–C–N with tert-alkyl or cyclic N) is 1. The fourth-order valence-corrected chi connectivity index (χ4v) is 2.21. The van der Waals surface area contributed by atoms with E-state index in [1.807, 2.05) is 13.0 Å². The third kappa shape index (κ3) is 3.95. The molecule has 0 radical (unpaired) electrons. The van der Waals surface area contributed by atoms with Gasteiger partial charge in [0.05, 0.1) is 6.10 Å². The summed E-state index contributed by atoms with van der Waals surface area (Å²) in [5, 5.41) is 9.40. The first-order chi connectivity index (χ1) is 7.67. The molecule has 1 aliphatic heterocycles. The third-order valence-corrected chi connectivity index (χ3v) is 2.85. The van der Waals surface area contributed by atoms with Crippen molar-refractivity contribution in [1.29, 1.82) is 0 Å². The zero-order valence-electron chi connectivity index (χ0n) is 10.4. The Labute approximate surface area is 99.0 Å². The summed E-state index contributed by atoms with van der Waals surface area (Å²) in [7, 11) is 0. The lowest BCUT2D eigenvalue weighted by Gasteiger charge is -2.30. The lowest BCUT2D eigenvalue weighted by molar-refractivity contribution is 0.129. The van der Waals surface area contributed by atoms with Gasteiger partial charge in [0.1, 0.15) is 0 Å². The molecule has 0 bridgehead atoms. The van der Waals surface area contributed by atoms with Crippen molar-refractivity contribution in [3.63, 3.8) is 0 Å². The molecular formula is C14H23NO. The number of hydrogen-bond donors (Lipinski definition) is 1. The van der Waals surface area contributed by atoms with Crippen molar-refractivity contribution in [2.24, 2.45) is 0 Å². The molecule has 1 N–H and O–H groups in total. The zero-order valence-corrected chi connectivity index (χ0v) is 10.4. The van der Waals surface area contributed by atoms with Gasteiger partial charge in [0.25, 0.3) is 0 Å². The minimum Gasteiger partial charge on any atom is -0.392 e. The molecular weight excluding hydrogens is 198 g/mol. The monoisotopic (exact) mass is 221 g/mol. The predicted octanol–water partition coefficient (Wildman–Crippen LogP) is 2.52. The summed E-state index contributed by atoms with van der Waals surface area (Å²) in [6.45, 7) is 10.5. The van der Waals surface area contributed by atoms with Gasteiger partial charge in [0.2, 0.25) is 0 Å². The first-order valence-electron chi connectivity index (χ1n) is 6.02. The van der Waals surface area contributed by atoms with E-state index in [1.54, 1.807) is 0 Å². The third-order valence-electron chi connectivity index (χ3n) is 2.85. The molecule has 0 aromatic carbocycles. The summed E-state index contributed by atoms with van der Waals surface area (Å²) in [6, 6.07) is 0. The van der Waals surface area contributed by atoms with Crippen molar-refractivity contribution < 1.29 is 5.11 Å². The summed E-state index contributed by atoms with van der Waals surface area (Å²) in [5.74, 6) is 0.